The summed E-state index contributed by atoms with van der Waals surface area (Å²) in [6, 6.07) is 21.7. The fourth-order valence-corrected chi connectivity index (χ4v) is 2.96. The first-order valence-electron chi connectivity index (χ1n) is 9.33. The second-order valence-electron chi connectivity index (χ2n) is 5.30. The Bertz CT molecular complexity index is 1150. The van der Waals surface area contributed by atoms with E-state index < -0.39 is 0 Å². The molecule has 0 saturated heterocycles. The van der Waals surface area contributed by atoms with Gasteiger partial charge in [-0.2, -0.15) is 0 Å². The van der Waals surface area contributed by atoms with Crippen LogP contribution in [0.5, 0.6) is 0 Å². The van der Waals surface area contributed by atoms with Crippen LogP contribution < -0.4 is 0 Å². The summed E-state index contributed by atoms with van der Waals surface area (Å²) in [5.74, 6) is 0. The summed E-state index contributed by atoms with van der Waals surface area (Å²) in [7, 11) is 0. The van der Waals surface area contributed by atoms with Crippen LogP contribution in [-0.2, 0) is 0 Å². The average Bonchev–Trinajstić information content (AvgIpc) is 2.71. The maximum Gasteiger partial charge on any atom is 0.0635 e. The molecule has 0 saturated carbocycles. The van der Waals surface area contributed by atoms with Gasteiger partial charge in [0, 0.05) is 4.47 Å². The Hall–Kier alpha value is -2.38. The Morgan fingerprint density at radius 1 is 0.652 bits per heavy atom. The third-order valence-electron chi connectivity index (χ3n) is 3.85. The lowest BCUT2D eigenvalue weighted by atomic mass is 9.95. The summed E-state index contributed by atoms with van der Waals surface area (Å²) in [5.41, 5.74) is 3.03. The molecule has 4 rings (SSSR count). The molecule has 0 fully saturated rings. The maximum absolute atomic E-state index is 8.30. The second-order valence-corrected chi connectivity index (χ2v) is 6.09. The largest absolute Gasteiger partial charge is 0.0635 e. The molecule has 0 N–H and O–H groups in total. The number of hydrogen-bond donors (Lipinski definition) is 0. The van der Waals surface area contributed by atoms with Crippen LogP contribution in [0, 0.1) is 0 Å². The van der Waals surface area contributed by atoms with Crippen molar-refractivity contribution < 1.29 is 5.48 Å². The van der Waals surface area contributed by atoms with Crippen molar-refractivity contribution in [2.45, 2.75) is 0 Å². The van der Waals surface area contributed by atoms with Crippen molar-refractivity contribution in [2.24, 2.45) is 0 Å². The number of benzene rings is 4. The van der Waals surface area contributed by atoms with Crippen LogP contribution in [0.25, 0.3) is 33.0 Å². The number of rotatable bonds is 2. The van der Waals surface area contributed by atoms with E-state index in [9.17, 15) is 0 Å². The first kappa shape index (κ1) is 10.4. The standard InChI is InChI=1S/C22H15Br/c23-20-13-11-16(12-14-20)18-7-3-8-19(15-18)22-10-4-6-17-5-1-2-9-21(17)22/h1-15H/i11D,12D,13D,14D. The molecule has 0 spiro atoms. The number of fused-ring (bicyclic) bond motifs is 1. The van der Waals surface area contributed by atoms with E-state index in [2.05, 4.69) is 40.2 Å². The van der Waals surface area contributed by atoms with E-state index in [0.717, 1.165) is 21.9 Å². The lowest BCUT2D eigenvalue weighted by molar-refractivity contribution is 1.58. The van der Waals surface area contributed by atoms with Crippen LogP contribution in [0.3, 0.4) is 0 Å². The molecule has 0 aromatic heterocycles. The van der Waals surface area contributed by atoms with Crippen LogP contribution in [0.1, 0.15) is 5.48 Å². The van der Waals surface area contributed by atoms with Gasteiger partial charge in [-0.05, 0) is 51.2 Å². The average molecular weight is 363 g/mol. The van der Waals surface area contributed by atoms with E-state index in [1.807, 2.05) is 42.5 Å². The van der Waals surface area contributed by atoms with Gasteiger partial charge in [0.2, 0.25) is 0 Å². The van der Waals surface area contributed by atoms with Crippen molar-refractivity contribution in [2.75, 3.05) is 0 Å². The SMILES string of the molecule is [2H]c1c([2H])c(-c2cccc(-c3cccc4ccccc34)c2)c([2H])c([2H])c1Br. The predicted octanol–water partition coefficient (Wildman–Crippen LogP) is 6.94. The van der Waals surface area contributed by atoms with Crippen LogP contribution >= 0.6 is 15.9 Å². The molecule has 0 unspecified atom stereocenters. The molecule has 0 radical (unpaired) electrons. The van der Waals surface area contributed by atoms with E-state index in [1.165, 1.54) is 0 Å². The van der Waals surface area contributed by atoms with Gasteiger partial charge in [-0.1, -0.05) is 88.7 Å². The van der Waals surface area contributed by atoms with E-state index in [0.29, 0.717) is 11.1 Å². The minimum absolute atomic E-state index is 0.0436. The molecule has 0 nitrogen and oxygen atoms in total. The van der Waals surface area contributed by atoms with E-state index in [-0.39, 0.29) is 28.6 Å². The minimum Gasteiger partial charge on any atom is -0.0616 e. The highest BCUT2D eigenvalue weighted by Crippen LogP contribution is 2.31. The zero-order valence-corrected chi connectivity index (χ0v) is 13.8. The molecule has 0 aliphatic carbocycles. The van der Waals surface area contributed by atoms with Gasteiger partial charge in [0.1, 0.15) is 0 Å². The smallest absolute Gasteiger partial charge is 0.0616 e. The van der Waals surface area contributed by atoms with Crippen LogP contribution in [-0.4, -0.2) is 0 Å². The van der Waals surface area contributed by atoms with Gasteiger partial charge in [0.25, 0.3) is 0 Å². The van der Waals surface area contributed by atoms with Crippen molar-refractivity contribution in [3.8, 4) is 22.3 Å². The van der Waals surface area contributed by atoms with Crippen LogP contribution in [0.2, 0.25) is 0 Å². The zero-order valence-electron chi connectivity index (χ0n) is 16.2. The van der Waals surface area contributed by atoms with E-state index in [1.54, 1.807) is 0 Å². The summed E-state index contributed by atoms with van der Waals surface area (Å²) in [6.45, 7) is 0. The molecule has 0 bridgehead atoms. The Morgan fingerprint density at radius 3 is 2.22 bits per heavy atom. The molecule has 0 aliphatic heterocycles. The molecule has 0 atom stereocenters. The summed E-state index contributed by atoms with van der Waals surface area (Å²) >= 11 is 3.15. The minimum atomic E-state index is -0.0680. The van der Waals surface area contributed by atoms with Crippen LogP contribution in [0.4, 0.5) is 0 Å². The Balaban J connectivity index is 1.95. The Labute approximate surface area is 150 Å². The van der Waals surface area contributed by atoms with Gasteiger partial charge < -0.3 is 0 Å². The second kappa shape index (κ2) is 6.02. The first-order chi connectivity index (χ1) is 13.0. The normalized spacial score (nSPS) is 13.3. The molecule has 0 aliphatic rings. The molecule has 4 aromatic rings. The van der Waals surface area contributed by atoms with Crippen LogP contribution in [0.15, 0.2) is 95.4 Å². The van der Waals surface area contributed by atoms with Crippen molar-refractivity contribution in [1.29, 1.82) is 0 Å². The quantitative estimate of drug-likeness (QED) is 0.362. The molecule has 1 heteroatoms. The van der Waals surface area contributed by atoms with Gasteiger partial charge in [-0.15, -0.1) is 0 Å². The van der Waals surface area contributed by atoms with Gasteiger partial charge in [-0.3, -0.25) is 0 Å². The molecular weight excluding hydrogens is 344 g/mol. The summed E-state index contributed by atoms with van der Waals surface area (Å²) in [6.07, 6.45) is 0. The summed E-state index contributed by atoms with van der Waals surface area (Å²) < 4.78 is 32.9. The number of halogens is 1. The Morgan fingerprint density at radius 2 is 1.35 bits per heavy atom. The van der Waals surface area contributed by atoms with Crippen molar-refractivity contribution in [3.63, 3.8) is 0 Å². The fourth-order valence-electron chi connectivity index (χ4n) is 2.76. The van der Waals surface area contributed by atoms with Gasteiger partial charge in [0.15, 0.2) is 0 Å². The fraction of sp³-hybridized carbons (Fsp3) is 0. The topological polar surface area (TPSA) is 0 Å². The van der Waals surface area contributed by atoms with Gasteiger partial charge >= 0.3 is 0 Å². The lowest BCUT2D eigenvalue weighted by Gasteiger charge is -2.09. The van der Waals surface area contributed by atoms with E-state index in [4.69, 9.17) is 5.48 Å². The number of hydrogen-bond acceptors (Lipinski definition) is 0. The van der Waals surface area contributed by atoms with Crippen molar-refractivity contribution >= 4 is 26.7 Å². The third kappa shape index (κ3) is 2.80. The highest BCUT2D eigenvalue weighted by atomic mass is 79.9. The first-order valence-corrected chi connectivity index (χ1v) is 8.12. The third-order valence-corrected chi connectivity index (χ3v) is 4.24. The maximum atomic E-state index is 8.30. The summed E-state index contributed by atoms with van der Waals surface area (Å²) in [5, 5.41) is 2.28. The lowest BCUT2D eigenvalue weighted by Crippen LogP contribution is -1.83. The summed E-state index contributed by atoms with van der Waals surface area (Å²) in [4.78, 5) is 0. The van der Waals surface area contributed by atoms with Gasteiger partial charge in [-0.25, -0.2) is 0 Å². The highest BCUT2D eigenvalue weighted by molar-refractivity contribution is 9.10. The Kier molecular flexibility index (Phi) is 2.72. The van der Waals surface area contributed by atoms with Crippen molar-refractivity contribution in [1.82, 2.24) is 0 Å². The highest BCUT2D eigenvalue weighted by Gasteiger charge is 2.05. The molecule has 0 amide bonds. The zero-order chi connectivity index (χ0) is 19.1. The predicted molar refractivity (Wildman–Crippen MR) is 103 cm³/mol. The monoisotopic (exact) mass is 362 g/mol. The van der Waals surface area contributed by atoms with Gasteiger partial charge in [0.05, 0.1) is 5.48 Å². The molecule has 4 aromatic carbocycles. The molecule has 23 heavy (non-hydrogen) atoms. The van der Waals surface area contributed by atoms with E-state index >= 15 is 0 Å². The van der Waals surface area contributed by atoms with Crippen molar-refractivity contribution in [3.05, 3.63) is 95.4 Å². The molecule has 0 heterocycles. The molecule has 110 valence electrons. The molecular formula is C22H15Br.